The summed E-state index contributed by atoms with van der Waals surface area (Å²) in [7, 11) is 0. The van der Waals surface area contributed by atoms with Gasteiger partial charge in [0.2, 0.25) is 0 Å². The lowest BCUT2D eigenvalue weighted by Gasteiger charge is -2.20. The second-order valence-corrected chi connectivity index (χ2v) is 7.52. The van der Waals surface area contributed by atoms with Crippen LogP contribution in [0.1, 0.15) is 25.3 Å². The third-order valence-electron chi connectivity index (χ3n) is 4.47. The van der Waals surface area contributed by atoms with E-state index in [0.717, 1.165) is 0 Å². The summed E-state index contributed by atoms with van der Waals surface area (Å²) in [4.78, 5) is 30.9. The van der Waals surface area contributed by atoms with Crippen molar-refractivity contribution >= 4 is 28.7 Å². The Morgan fingerprint density at radius 2 is 1.85 bits per heavy atom. The molecule has 0 aliphatic heterocycles. The van der Waals surface area contributed by atoms with Gasteiger partial charge in [-0.2, -0.15) is 0 Å². The minimum atomic E-state index is -1.21. The predicted octanol–water partition coefficient (Wildman–Crippen LogP) is 0.313. The van der Waals surface area contributed by atoms with Gasteiger partial charge >= 0.3 is 11.7 Å². The molecule has 0 radical (unpaired) electrons. The fourth-order valence-corrected chi connectivity index (χ4v) is 2.69. The zero-order chi connectivity index (χ0) is 24.6. The van der Waals surface area contributed by atoms with Crippen LogP contribution in [-0.4, -0.2) is 66.3 Å². The third-order valence-corrected chi connectivity index (χ3v) is 4.76. The summed E-state index contributed by atoms with van der Waals surface area (Å²) in [5.74, 6) is -0.861. The molecule has 1 atom stereocenters. The molecule has 0 aliphatic rings. The zero-order valence-corrected chi connectivity index (χ0v) is 18.5. The first-order valence-electron chi connectivity index (χ1n) is 9.73. The van der Waals surface area contributed by atoms with Gasteiger partial charge in [0, 0.05) is 25.0 Å². The van der Waals surface area contributed by atoms with Gasteiger partial charge in [0.05, 0.1) is 42.3 Å². The lowest BCUT2D eigenvalue weighted by molar-refractivity contribution is -0.137. The van der Waals surface area contributed by atoms with Crippen LogP contribution in [0, 0.1) is 0 Å². The average Bonchev–Trinajstić information content (AvgIpc) is 3.11. The Morgan fingerprint density at radius 1 is 1.24 bits per heavy atom. The van der Waals surface area contributed by atoms with E-state index in [9.17, 15) is 9.59 Å². The lowest BCUT2D eigenvalue weighted by atomic mass is 10.1. The number of aliphatic hydroxyl groups is 3. The number of fused-ring (bicyclic) bond motifs is 1. The van der Waals surface area contributed by atoms with Gasteiger partial charge in [-0.3, -0.25) is 9.36 Å². The van der Waals surface area contributed by atoms with Gasteiger partial charge in [-0.25, -0.2) is 14.8 Å². The van der Waals surface area contributed by atoms with Crippen molar-refractivity contribution < 1.29 is 34.4 Å². The first kappa shape index (κ1) is 26.2. The number of halogens is 1. The molecule has 0 amide bonds. The van der Waals surface area contributed by atoms with Gasteiger partial charge in [0.25, 0.3) is 0 Å². The van der Waals surface area contributed by atoms with Crippen molar-refractivity contribution in [3.8, 4) is 5.75 Å². The van der Waals surface area contributed by atoms with E-state index in [1.807, 2.05) is 0 Å². The van der Waals surface area contributed by atoms with Gasteiger partial charge in [-0.15, -0.1) is 0 Å². The highest BCUT2D eigenvalue weighted by atomic mass is 35.5. The number of hydrogen-bond acceptors (Lipinski definition) is 10. The van der Waals surface area contributed by atoms with E-state index < -0.39 is 43.2 Å². The number of nitrogens with two attached hydrogens (primary N) is 1. The van der Waals surface area contributed by atoms with Gasteiger partial charge < -0.3 is 35.3 Å². The van der Waals surface area contributed by atoms with Gasteiger partial charge in [0.15, 0.2) is 17.5 Å². The first-order valence-corrected chi connectivity index (χ1v) is 10.1. The Balaban J connectivity index is 0.000000414. The Labute approximate surface area is 192 Å². The maximum Gasteiger partial charge on any atom is 0.419 e. The molecular formula is C20H25ClN4O8. The molecule has 2 heterocycles. The minimum absolute atomic E-state index is 0.00798. The van der Waals surface area contributed by atoms with Crippen molar-refractivity contribution in [1.82, 2.24) is 14.5 Å². The van der Waals surface area contributed by atoms with Crippen molar-refractivity contribution in [3.63, 3.8) is 0 Å². The number of hydrogen-bond donors (Lipinski definition) is 5. The normalized spacial score (nSPS) is 12.2. The number of aliphatic hydroxyl groups excluding tert-OH is 3. The molecule has 180 valence electrons. The van der Waals surface area contributed by atoms with E-state index in [4.69, 9.17) is 46.9 Å². The van der Waals surface area contributed by atoms with E-state index in [1.165, 1.54) is 16.7 Å². The maximum atomic E-state index is 11.9. The number of aryl methyl sites for hydroxylation is 1. The van der Waals surface area contributed by atoms with Crippen LogP contribution >= 0.6 is 11.6 Å². The molecule has 12 nitrogen and oxygen atoms in total. The SMILES string of the molecule is C[C@@H](Oc1cc2oc(=O)n(CCC(=O)O)c2cc1Cl)c1ncccn1.NC(CO)(CO)CO. The number of oxazole rings is 1. The number of carboxylic acid groups (broad SMARTS) is 1. The largest absolute Gasteiger partial charge is 0.481 e. The molecule has 0 saturated carbocycles. The van der Waals surface area contributed by atoms with Crippen LogP contribution < -0.4 is 16.2 Å². The van der Waals surface area contributed by atoms with Crippen molar-refractivity contribution in [1.29, 1.82) is 0 Å². The van der Waals surface area contributed by atoms with Crippen LogP contribution in [0.3, 0.4) is 0 Å². The number of aliphatic carboxylic acids is 1. The summed E-state index contributed by atoms with van der Waals surface area (Å²) in [6.07, 6.45) is 2.55. The fraction of sp³-hybridized carbons (Fsp3) is 0.400. The van der Waals surface area contributed by atoms with Crippen LogP contribution in [0.4, 0.5) is 0 Å². The van der Waals surface area contributed by atoms with E-state index in [2.05, 4.69) is 9.97 Å². The topological polar surface area (TPSA) is 194 Å². The van der Waals surface area contributed by atoms with E-state index in [1.54, 1.807) is 25.4 Å². The Bertz CT molecular complexity index is 1110. The number of benzene rings is 1. The van der Waals surface area contributed by atoms with Crippen molar-refractivity contribution in [2.75, 3.05) is 19.8 Å². The predicted molar refractivity (Wildman–Crippen MR) is 117 cm³/mol. The summed E-state index contributed by atoms with van der Waals surface area (Å²) in [6, 6.07) is 4.71. The number of nitrogens with zero attached hydrogens (tertiary/aromatic N) is 3. The highest BCUT2D eigenvalue weighted by molar-refractivity contribution is 6.32. The highest BCUT2D eigenvalue weighted by Crippen LogP contribution is 2.32. The number of carboxylic acids is 1. The Hall–Kier alpha value is -3.03. The maximum absolute atomic E-state index is 11.9. The molecule has 0 bridgehead atoms. The molecule has 2 aromatic heterocycles. The molecule has 1 aromatic carbocycles. The monoisotopic (exact) mass is 484 g/mol. The van der Waals surface area contributed by atoms with Gasteiger partial charge in [-0.1, -0.05) is 11.6 Å². The first-order chi connectivity index (χ1) is 15.6. The van der Waals surface area contributed by atoms with Crippen molar-refractivity contribution in [3.05, 3.63) is 52.0 Å². The number of carbonyl (C=O) groups is 1. The molecule has 33 heavy (non-hydrogen) atoms. The van der Waals surface area contributed by atoms with Crippen LogP contribution in [0.25, 0.3) is 11.1 Å². The van der Waals surface area contributed by atoms with Crippen LogP contribution in [-0.2, 0) is 11.3 Å². The van der Waals surface area contributed by atoms with Crippen molar-refractivity contribution in [2.24, 2.45) is 5.73 Å². The number of ether oxygens (including phenoxy) is 1. The quantitative estimate of drug-likeness (QED) is 0.280. The van der Waals surface area contributed by atoms with E-state index in [0.29, 0.717) is 17.1 Å². The standard InChI is InChI=1S/C16H14ClN3O5.C4H11NO3/c1-9(15-18-4-2-5-19-15)24-12-8-13-11(7-10(12)17)20(16(23)25-13)6-3-14(21)22;5-4(1-6,2-7)3-8/h2,4-5,7-9H,3,6H2,1H3,(H,21,22);6-8H,1-3,5H2/t9-;/m1./s1. The van der Waals surface area contributed by atoms with Gasteiger partial charge in [0.1, 0.15) is 5.75 Å². The molecular weight excluding hydrogens is 460 g/mol. The summed E-state index contributed by atoms with van der Waals surface area (Å²) in [5.41, 5.74) is 4.61. The Kier molecular flexibility index (Phi) is 9.32. The van der Waals surface area contributed by atoms with E-state index >= 15 is 0 Å². The summed E-state index contributed by atoms with van der Waals surface area (Å²) < 4.78 is 12.1. The molecule has 3 aromatic rings. The average molecular weight is 485 g/mol. The Morgan fingerprint density at radius 3 is 2.36 bits per heavy atom. The molecule has 0 fully saturated rings. The second-order valence-electron chi connectivity index (χ2n) is 7.12. The third kappa shape index (κ3) is 6.97. The number of aromatic nitrogens is 3. The summed E-state index contributed by atoms with van der Waals surface area (Å²) in [6.45, 7) is 0.552. The molecule has 3 rings (SSSR count). The molecule has 0 saturated heterocycles. The van der Waals surface area contributed by atoms with Crippen LogP contribution in [0.2, 0.25) is 5.02 Å². The molecule has 0 spiro atoms. The fourth-order valence-electron chi connectivity index (χ4n) is 2.49. The highest BCUT2D eigenvalue weighted by Gasteiger charge is 2.21. The molecule has 13 heteroatoms. The van der Waals surface area contributed by atoms with E-state index in [-0.39, 0.29) is 23.6 Å². The summed E-state index contributed by atoms with van der Waals surface area (Å²) >= 11 is 6.24. The minimum Gasteiger partial charge on any atom is -0.481 e. The van der Waals surface area contributed by atoms with Crippen molar-refractivity contribution in [2.45, 2.75) is 31.5 Å². The molecule has 0 aliphatic carbocycles. The summed E-state index contributed by atoms with van der Waals surface area (Å²) in [5, 5.41) is 34.1. The smallest absolute Gasteiger partial charge is 0.419 e. The zero-order valence-electron chi connectivity index (χ0n) is 17.7. The van der Waals surface area contributed by atoms with Gasteiger partial charge in [-0.05, 0) is 19.1 Å². The molecule has 0 unspecified atom stereocenters. The lowest BCUT2D eigenvalue weighted by Crippen LogP contribution is -2.50. The molecule has 6 N–H and O–H groups in total. The van der Waals surface area contributed by atoms with Crippen LogP contribution in [0.5, 0.6) is 5.75 Å². The van der Waals surface area contributed by atoms with Crippen LogP contribution in [0.15, 0.2) is 39.8 Å². The second kappa shape index (κ2) is 11.7. The number of rotatable bonds is 9.